The Kier molecular flexibility index (Phi) is 9.08. The summed E-state index contributed by atoms with van der Waals surface area (Å²) in [6, 6.07) is 8.25. The molecule has 2 rings (SSSR count). The smallest absolute Gasteiger partial charge is 0.337 e. The van der Waals surface area contributed by atoms with Gasteiger partial charge in [-0.2, -0.15) is 0 Å². The second kappa shape index (κ2) is 11.8. The van der Waals surface area contributed by atoms with E-state index in [1.54, 1.807) is 13.8 Å². The van der Waals surface area contributed by atoms with E-state index < -0.39 is 52.9 Å². The molecule has 34 heavy (non-hydrogen) atoms. The number of nitro benzene ring substituents is 1. The number of rotatable bonds is 9. The highest BCUT2D eigenvalue weighted by Gasteiger charge is 2.27. The minimum Gasteiger partial charge on any atom is -0.465 e. The van der Waals surface area contributed by atoms with Gasteiger partial charge in [0, 0.05) is 17.3 Å². The number of hydrogen-bond donors (Lipinski definition) is 2. The maximum absolute atomic E-state index is 12.5. The van der Waals surface area contributed by atoms with E-state index in [0.29, 0.717) is 11.3 Å². The Balaban J connectivity index is 1.97. The molecule has 0 aliphatic heterocycles. The van der Waals surface area contributed by atoms with Crippen LogP contribution in [0.1, 0.15) is 34.6 Å². The highest BCUT2D eigenvalue weighted by Crippen LogP contribution is 2.25. The van der Waals surface area contributed by atoms with Gasteiger partial charge in [-0.3, -0.25) is 19.7 Å². The Labute approximate surface area is 199 Å². The molecule has 2 amide bonds. The zero-order chi connectivity index (χ0) is 25.4. The van der Waals surface area contributed by atoms with Crippen LogP contribution in [0.25, 0.3) is 0 Å². The van der Waals surface area contributed by atoms with Crippen LogP contribution in [-0.4, -0.2) is 48.4 Å². The van der Waals surface area contributed by atoms with E-state index in [-0.39, 0.29) is 10.6 Å². The number of nitrogens with zero attached hydrogens (tertiary/aromatic N) is 1. The molecular weight excluding hydrogens is 470 g/mol. The number of nitro groups is 1. The van der Waals surface area contributed by atoms with E-state index in [1.165, 1.54) is 43.5 Å². The molecule has 0 aliphatic carbocycles. The van der Waals surface area contributed by atoms with E-state index >= 15 is 0 Å². The molecule has 0 radical (unpaired) electrons. The van der Waals surface area contributed by atoms with E-state index in [0.717, 1.165) is 6.07 Å². The van der Waals surface area contributed by atoms with Crippen molar-refractivity contribution in [2.24, 2.45) is 5.92 Å². The first-order valence-electron chi connectivity index (χ1n) is 9.93. The van der Waals surface area contributed by atoms with Crippen molar-refractivity contribution in [1.29, 1.82) is 0 Å². The van der Waals surface area contributed by atoms with Gasteiger partial charge < -0.3 is 20.1 Å². The Bertz CT molecular complexity index is 1100. The number of anilines is 1. The second-order valence-corrected chi connectivity index (χ2v) is 7.75. The third kappa shape index (κ3) is 7.01. The van der Waals surface area contributed by atoms with Gasteiger partial charge in [0.15, 0.2) is 6.61 Å². The van der Waals surface area contributed by atoms with Crippen molar-refractivity contribution >= 4 is 46.7 Å². The molecule has 180 valence electrons. The summed E-state index contributed by atoms with van der Waals surface area (Å²) in [6.07, 6.45) is 0. The first-order chi connectivity index (χ1) is 16.0. The summed E-state index contributed by atoms with van der Waals surface area (Å²) < 4.78 is 9.62. The number of methoxy groups -OCH3 is 1. The standard InChI is InChI=1S/C22H22ClN3O8/c1-12(2)19(25-20(28)14-6-9-16(23)17(10-14)26(31)32)22(30)34-11-18(27)24-15-7-4-13(5-8-15)21(29)33-3/h4-10,12,19H,11H2,1-3H3,(H,24,27)(H,25,28)/t19-/m0/s1. The quantitative estimate of drug-likeness (QED) is 0.308. The predicted molar refractivity (Wildman–Crippen MR) is 122 cm³/mol. The van der Waals surface area contributed by atoms with Gasteiger partial charge in [-0.25, -0.2) is 9.59 Å². The molecule has 11 nitrogen and oxygen atoms in total. The number of esters is 2. The summed E-state index contributed by atoms with van der Waals surface area (Å²) in [6.45, 7) is 2.68. The van der Waals surface area contributed by atoms with Crippen LogP contribution < -0.4 is 10.6 Å². The maximum atomic E-state index is 12.5. The Morgan fingerprint density at radius 2 is 1.68 bits per heavy atom. The van der Waals surface area contributed by atoms with Gasteiger partial charge in [0.25, 0.3) is 17.5 Å². The largest absolute Gasteiger partial charge is 0.465 e. The number of ether oxygens (including phenoxy) is 2. The zero-order valence-corrected chi connectivity index (χ0v) is 19.3. The zero-order valence-electron chi connectivity index (χ0n) is 18.5. The van der Waals surface area contributed by atoms with Crippen LogP contribution in [0.3, 0.4) is 0 Å². The summed E-state index contributed by atoms with van der Waals surface area (Å²) >= 11 is 5.75. The van der Waals surface area contributed by atoms with Crippen molar-refractivity contribution in [3.05, 3.63) is 68.7 Å². The molecule has 0 spiro atoms. The SMILES string of the molecule is COC(=O)c1ccc(NC(=O)COC(=O)[C@@H](NC(=O)c2ccc(Cl)c([N+](=O)[O-])c2)C(C)C)cc1. The third-order valence-electron chi connectivity index (χ3n) is 4.55. The Morgan fingerprint density at radius 3 is 2.24 bits per heavy atom. The molecular formula is C22H22ClN3O8. The molecule has 0 bridgehead atoms. The lowest BCUT2D eigenvalue weighted by molar-refractivity contribution is -0.384. The first-order valence-corrected chi connectivity index (χ1v) is 10.3. The molecule has 12 heteroatoms. The summed E-state index contributed by atoms with van der Waals surface area (Å²) in [5.74, 6) is -3.18. The van der Waals surface area contributed by atoms with Crippen molar-refractivity contribution in [3.8, 4) is 0 Å². The molecule has 0 aromatic heterocycles. The van der Waals surface area contributed by atoms with Gasteiger partial charge in [0.1, 0.15) is 11.1 Å². The molecule has 1 atom stereocenters. The first kappa shape index (κ1) is 26.3. The van der Waals surface area contributed by atoms with Crippen molar-refractivity contribution < 1.29 is 33.6 Å². The van der Waals surface area contributed by atoms with Gasteiger partial charge in [-0.05, 0) is 42.3 Å². The fourth-order valence-corrected chi connectivity index (χ4v) is 2.93. The topological polar surface area (TPSA) is 154 Å². The molecule has 0 saturated carbocycles. The molecule has 0 saturated heterocycles. The van der Waals surface area contributed by atoms with Gasteiger partial charge in [-0.15, -0.1) is 0 Å². The number of nitrogens with one attached hydrogen (secondary N) is 2. The minimum atomic E-state index is -1.12. The Hall–Kier alpha value is -3.99. The molecule has 0 aliphatic rings. The monoisotopic (exact) mass is 491 g/mol. The van der Waals surface area contributed by atoms with Crippen molar-refractivity contribution in [2.75, 3.05) is 19.0 Å². The molecule has 2 aromatic carbocycles. The number of carbonyl (C=O) groups excluding carboxylic acids is 4. The Morgan fingerprint density at radius 1 is 1.06 bits per heavy atom. The number of halogens is 1. The van der Waals surface area contributed by atoms with Crippen molar-refractivity contribution in [3.63, 3.8) is 0 Å². The molecule has 2 N–H and O–H groups in total. The lowest BCUT2D eigenvalue weighted by atomic mass is 10.0. The van der Waals surface area contributed by atoms with Crippen LogP contribution in [0.15, 0.2) is 42.5 Å². The average molecular weight is 492 g/mol. The lowest BCUT2D eigenvalue weighted by Crippen LogP contribution is -2.46. The summed E-state index contributed by atoms with van der Waals surface area (Å²) in [7, 11) is 1.25. The van der Waals surface area contributed by atoms with Crippen LogP contribution in [0, 0.1) is 16.0 Å². The third-order valence-corrected chi connectivity index (χ3v) is 4.87. The lowest BCUT2D eigenvalue weighted by Gasteiger charge is -2.20. The number of hydrogen-bond acceptors (Lipinski definition) is 8. The van der Waals surface area contributed by atoms with Gasteiger partial charge in [0.05, 0.1) is 17.6 Å². The average Bonchev–Trinajstić information content (AvgIpc) is 2.80. The number of carbonyl (C=O) groups is 4. The predicted octanol–water partition coefficient (Wildman–Crippen LogP) is 2.97. The van der Waals surface area contributed by atoms with Gasteiger partial charge in [-0.1, -0.05) is 25.4 Å². The van der Waals surface area contributed by atoms with Gasteiger partial charge >= 0.3 is 11.9 Å². The second-order valence-electron chi connectivity index (χ2n) is 7.34. The van der Waals surface area contributed by atoms with E-state index in [1.807, 2.05) is 0 Å². The fraction of sp³-hybridized carbons (Fsp3) is 0.273. The summed E-state index contributed by atoms with van der Waals surface area (Å²) in [5.41, 5.74) is 0.150. The molecule has 2 aromatic rings. The van der Waals surface area contributed by atoms with Crippen LogP contribution in [0.4, 0.5) is 11.4 Å². The van der Waals surface area contributed by atoms with Crippen LogP contribution in [0.5, 0.6) is 0 Å². The summed E-state index contributed by atoms with van der Waals surface area (Å²) in [5, 5.41) is 15.9. The molecule has 0 fully saturated rings. The van der Waals surface area contributed by atoms with E-state index in [4.69, 9.17) is 16.3 Å². The molecule has 0 heterocycles. The van der Waals surface area contributed by atoms with E-state index in [9.17, 15) is 29.3 Å². The van der Waals surface area contributed by atoms with Crippen molar-refractivity contribution in [1.82, 2.24) is 5.32 Å². The normalized spacial score (nSPS) is 11.3. The van der Waals surface area contributed by atoms with Crippen LogP contribution >= 0.6 is 11.6 Å². The highest BCUT2D eigenvalue weighted by molar-refractivity contribution is 6.32. The minimum absolute atomic E-state index is 0.0669. The maximum Gasteiger partial charge on any atom is 0.337 e. The fourth-order valence-electron chi connectivity index (χ4n) is 2.75. The highest BCUT2D eigenvalue weighted by atomic mass is 35.5. The van der Waals surface area contributed by atoms with Crippen molar-refractivity contribution in [2.45, 2.75) is 19.9 Å². The van der Waals surface area contributed by atoms with Crippen LogP contribution in [-0.2, 0) is 19.1 Å². The number of amides is 2. The van der Waals surface area contributed by atoms with Gasteiger partial charge in [0.2, 0.25) is 0 Å². The summed E-state index contributed by atoms with van der Waals surface area (Å²) in [4.78, 5) is 58.9. The molecule has 0 unspecified atom stereocenters. The van der Waals surface area contributed by atoms with Crippen LogP contribution in [0.2, 0.25) is 5.02 Å². The van der Waals surface area contributed by atoms with E-state index in [2.05, 4.69) is 15.4 Å². The number of benzene rings is 2.